The van der Waals surface area contributed by atoms with E-state index in [1.54, 1.807) is 6.20 Å². The average molecular weight is 210 g/mol. The summed E-state index contributed by atoms with van der Waals surface area (Å²) in [5.41, 5.74) is 0.577. The Balaban J connectivity index is 2.69. The molecule has 14 heavy (non-hydrogen) atoms. The second-order valence-corrected chi connectivity index (χ2v) is 3.19. The van der Waals surface area contributed by atoms with Crippen molar-refractivity contribution in [1.82, 2.24) is 9.78 Å². The van der Waals surface area contributed by atoms with Crippen LogP contribution >= 0.6 is 11.6 Å². The number of halogens is 2. The molecule has 0 aliphatic rings. The smallest absolute Gasteiger partial charge is 0.143 e. The van der Waals surface area contributed by atoms with Gasteiger partial charge in [0.25, 0.3) is 0 Å². The summed E-state index contributed by atoms with van der Waals surface area (Å²) in [5.74, 6) is -0.501. The first-order chi connectivity index (χ1) is 6.72. The highest BCUT2D eigenvalue weighted by Gasteiger charge is 2.06. The fourth-order valence-corrected chi connectivity index (χ4v) is 1.44. The lowest BCUT2D eigenvalue weighted by Gasteiger charge is -1.97. The molecule has 1 heterocycles. The number of nitrogens with zero attached hydrogens (tertiary/aromatic N) is 3. The SMILES string of the molecule is N#CCn1ncc2cc(Cl)c(F)cc21. The van der Waals surface area contributed by atoms with Gasteiger partial charge in [-0.2, -0.15) is 10.4 Å². The third-order valence-electron chi connectivity index (χ3n) is 1.90. The summed E-state index contributed by atoms with van der Waals surface area (Å²) < 4.78 is 14.5. The third kappa shape index (κ3) is 1.32. The van der Waals surface area contributed by atoms with E-state index in [4.69, 9.17) is 16.9 Å². The van der Waals surface area contributed by atoms with E-state index in [1.165, 1.54) is 16.8 Å². The second-order valence-electron chi connectivity index (χ2n) is 2.79. The second kappa shape index (κ2) is 3.28. The van der Waals surface area contributed by atoms with Gasteiger partial charge in [0, 0.05) is 11.5 Å². The van der Waals surface area contributed by atoms with Crippen molar-refractivity contribution in [2.75, 3.05) is 0 Å². The lowest BCUT2D eigenvalue weighted by atomic mass is 10.2. The molecule has 3 nitrogen and oxygen atoms in total. The van der Waals surface area contributed by atoms with Gasteiger partial charge in [-0.05, 0) is 6.07 Å². The molecule has 0 aliphatic heterocycles. The van der Waals surface area contributed by atoms with Crippen LogP contribution in [0, 0.1) is 17.1 Å². The molecule has 2 aromatic rings. The van der Waals surface area contributed by atoms with Crippen molar-refractivity contribution in [2.45, 2.75) is 6.54 Å². The topological polar surface area (TPSA) is 41.6 Å². The van der Waals surface area contributed by atoms with Crippen molar-refractivity contribution in [3.8, 4) is 6.07 Å². The first kappa shape index (κ1) is 8.97. The Morgan fingerprint density at radius 3 is 3.07 bits per heavy atom. The number of benzene rings is 1. The molecule has 0 fully saturated rings. The van der Waals surface area contributed by atoms with Crippen LogP contribution in [0.3, 0.4) is 0 Å². The van der Waals surface area contributed by atoms with Crippen LogP contribution in [0.1, 0.15) is 0 Å². The van der Waals surface area contributed by atoms with E-state index in [1.807, 2.05) is 6.07 Å². The summed E-state index contributed by atoms with van der Waals surface area (Å²) in [7, 11) is 0. The molecular formula is C9H5ClFN3. The van der Waals surface area contributed by atoms with Gasteiger partial charge >= 0.3 is 0 Å². The third-order valence-corrected chi connectivity index (χ3v) is 2.19. The Labute approximate surface area is 84.3 Å². The molecule has 0 aliphatic carbocycles. The van der Waals surface area contributed by atoms with Gasteiger partial charge < -0.3 is 0 Å². The van der Waals surface area contributed by atoms with Crippen molar-refractivity contribution in [3.05, 3.63) is 29.2 Å². The van der Waals surface area contributed by atoms with Gasteiger partial charge in [0.05, 0.1) is 22.8 Å². The molecule has 0 spiro atoms. The maximum atomic E-state index is 13.1. The van der Waals surface area contributed by atoms with E-state index in [-0.39, 0.29) is 11.6 Å². The molecule has 0 amide bonds. The van der Waals surface area contributed by atoms with Crippen LogP contribution < -0.4 is 0 Å². The van der Waals surface area contributed by atoms with Gasteiger partial charge in [0.1, 0.15) is 12.4 Å². The van der Waals surface area contributed by atoms with Crippen LogP contribution in [0.4, 0.5) is 4.39 Å². The molecule has 0 bridgehead atoms. The minimum absolute atomic E-state index is 0.0639. The molecule has 0 unspecified atom stereocenters. The summed E-state index contributed by atoms with van der Waals surface area (Å²) in [5, 5.41) is 13.2. The first-order valence-electron chi connectivity index (χ1n) is 3.90. The summed E-state index contributed by atoms with van der Waals surface area (Å²) in [6, 6.07) is 4.71. The van der Waals surface area contributed by atoms with E-state index in [2.05, 4.69) is 5.10 Å². The van der Waals surface area contributed by atoms with Crippen LogP contribution in [-0.4, -0.2) is 9.78 Å². The van der Waals surface area contributed by atoms with Crippen LogP contribution in [-0.2, 0) is 6.54 Å². The van der Waals surface area contributed by atoms with E-state index in [0.717, 1.165) is 5.39 Å². The fraction of sp³-hybridized carbons (Fsp3) is 0.111. The maximum absolute atomic E-state index is 13.1. The molecule has 1 aromatic heterocycles. The molecule has 5 heteroatoms. The molecule has 0 saturated carbocycles. The highest BCUT2D eigenvalue weighted by molar-refractivity contribution is 6.31. The molecule has 0 N–H and O–H groups in total. The zero-order valence-electron chi connectivity index (χ0n) is 7.04. The molecule has 0 radical (unpaired) electrons. The number of nitriles is 1. The average Bonchev–Trinajstić information content (AvgIpc) is 2.51. The largest absolute Gasteiger partial charge is 0.251 e. The van der Waals surface area contributed by atoms with Crippen LogP contribution in [0.15, 0.2) is 18.3 Å². The molecule has 0 saturated heterocycles. The number of hydrogen-bond acceptors (Lipinski definition) is 2. The Morgan fingerprint density at radius 2 is 2.36 bits per heavy atom. The maximum Gasteiger partial charge on any atom is 0.143 e. The Bertz CT molecular complexity index is 527. The predicted octanol–water partition coefficient (Wildman–Crippen LogP) is 2.35. The van der Waals surface area contributed by atoms with Crippen LogP contribution in [0.5, 0.6) is 0 Å². The van der Waals surface area contributed by atoms with E-state index < -0.39 is 5.82 Å². The van der Waals surface area contributed by atoms with Crippen LogP contribution in [0.2, 0.25) is 5.02 Å². The Morgan fingerprint density at radius 1 is 1.57 bits per heavy atom. The fourth-order valence-electron chi connectivity index (χ4n) is 1.27. The van der Waals surface area contributed by atoms with Gasteiger partial charge in [-0.1, -0.05) is 11.6 Å². The van der Waals surface area contributed by atoms with Crippen LogP contribution in [0.25, 0.3) is 10.9 Å². The van der Waals surface area contributed by atoms with E-state index in [0.29, 0.717) is 5.52 Å². The quantitative estimate of drug-likeness (QED) is 0.724. The zero-order valence-corrected chi connectivity index (χ0v) is 7.79. The zero-order chi connectivity index (χ0) is 10.1. The van der Waals surface area contributed by atoms with E-state index >= 15 is 0 Å². The number of aromatic nitrogens is 2. The molecule has 0 atom stereocenters. The monoisotopic (exact) mass is 209 g/mol. The predicted molar refractivity (Wildman–Crippen MR) is 50.3 cm³/mol. The lowest BCUT2D eigenvalue weighted by Crippen LogP contribution is -1.97. The summed E-state index contributed by atoms with van der Waals surface area (Å²) in [6.07, 6.45) is 1.55. The van der Waals surface area contributed by atoms with E-state index in [9.17, 15) is 4.39 Å². The minimum atomic E-state index is -0.501. The summed E-state index contributed by atoms with van der Waals surface area (Å²) in [6.45, 7) is 0.102. The number of hydrogen-bond donors (Lipinski definition) is 0. The number of fused-ring (bicyclic) bond motifs is 1. The van der Waals surface area contributed by atoms with Crippen molar-refractivity contribution >= 4 is 22.5 Å². The lowest BCUT2D eigenvalue weighted by molar-refractivity contribution is 0.627. The van der Waals surface area contributed by atoms with Gasteiger partial charge in [-0.25, -0.2) is 4.39 Å². The Hall–Kier alpha value is -1.60. The standard InChI is InChI=1S/C9H5ClFN3/c10-7-3-6-5-13-14(2-1-12)9(6)4-8(7)11/h3-5H,2H2. The van der Waals surface area contributed by atoms with Gasteiger partial charge in [0.15, 0.2) is 0 Å². The summed E-state index contributed by atoms with van der Waals surface area (Å²) in [4.78, 5) is 0. The summed E-state index contributed by atoms with van der Waals surface area (Å²) >= 11 is 5.60. The van der Waals surface area contributed by atoms with Gasteiger partial charge in [-0.3, -0.25) is 4.68 Å². The number of rotatable bonds is 1. The Kier molecular flexibility index (Phi) is 2.10. The van der Waals surface area contributed by atoms with Crippen molar-refractivity contribution in [3.63, 3.8) is 0 Å². The van der Waals surface area contributed by atoms with Crippen molar-refractivity contribution in [1.29, 1.82) is 5.26 Å². The molecule has 2 rings (SSSR count). The van der Waals surface area contributed by atoms with Gasteiger partial charge in [0.2, 0.25) is 0 Å². The van der Waals surface area contributed by atoms with Crippen molar-refractivity contribution < 1.29 is 4.39 Å². The molecule has 70 valence electrons. The normalized spacial score (nSPS) is 10.4. The highest BCUT2D eigenvalue weighted by Crippen LogP contribution is 2.22. The minimum Gasteiger partial charge on any atom is -0.251 e. The molecule has 1 aromatic carbocycles. The van der Waals surface area contributed by atoms with Gasteiger partial charge in [-0.15, -0.1) is 0 Å². The first-order valence-corrected chi connectivity index (χ1v) is 4.27. The van der Waals surface area contributed by atoms with Crippen molar-refractivity contribution in [2.24, 2.45) is 0 Å². The molecular weight excluding hydrogens is 205 g/mol. The highest BCUT2D eigenvalue weighted by atomic mass is 35.5.